The first-order valence-corrected chi connectivity index (χ1v) is 5.97. The highest BCUT2D eigenvalue weighted by molar-refractivity contribution is 5.73. The van der Waals surface area contributed by atoms with Gasteiger partial charge in [0.1, 0.15) is 11.7 Å². The normalized spacial score (nSPS) is 13.1. The standard InChI is InChI=1S/C13H17N3O2/c1-3-11(13(17)18)15(2)8-10-9-16-7-5-4-6-12(16)14-10/h4-7,9,11H,3,8H2,1-2H3,(H,17,18). The number of aliphatic carboxylic acids is 1. The Morgan fingerprint density at radius 2 is 2.33 bits per heavy atom. The van der Waals surface area contributed by atoms with E-state index in [1.165, 1.54) is 0 Å². The monoisotopic (exact) mass is 247 g/mol. The number of carbonyl (C=O) groups is 1. The van der Waals surface area contributed by atoms with Crippen LogP contribution in [0.2, 0.25) is 0 Å². The lowest BCUT2D eigenvalue weighted by atomic mass is 10.2. The first-order chi connectivity index (χ1) is 8.61. The van der Waals surface area contributed by atoms with Crippen LogP contribution in [0, 0.1) is 0 Å². The molecule has 5 heteroatoms. The second-order valence-electron chi connectivity index (χ2n) is 4.38. The molecule has 1 atom stereocenters. The summed E-state index contributed by atoms with van der Waals surface area (Å²) in [5.74, 6) is -0.788. The molecule has 0 spiro atoms. The molecule has 1 unspecified atom stereocenters. The molecule has 2 rings (SSSR count). The van der Waals surface area contributed by atoms with E-state index in [4.69, 9.17) is 5.11 Å². The Morgan fingerprint density at radius 1 is 1.56 bits per heavy atom. The van der Waals surface area contributed by atoms with Gasteiger partial charge in [-0.05, 0) is 25.6 Å². The summed E-state index contributed by atoms with van der Waals surface area (Å²) in [6.45, 7) is 2.41. The van der Waals surface area contributed by atoms with Crippen molar-refractivity contribution >= 4 is 11.6 Å². The van der Waals surface area contributed by atoms with Gasteiger partial charge in [0.05, 0.1) is 5.69 Å². The van der Waals surface area contributed by atoms with Crippen LogP contribution in [0.25, 0.3) is 5.65 Å². The third kappa shape index (κ3) is 2.51. The lowest BCUT2D eigenvalue weighted by Gasteiger charge is -2.22. The molecule has 2 aromatic rings. The molecule has 18 heavy (non-hydrogen) atoms. The van der Waals surface area contributed by atoms with Crippen LogP contribution < -0.4 is 0 Å². The van der Waals surface area contributed by atoms with Gasteiger partial charge in [-0.25, -0.2) is 4.98 Å². The van der Waals surface area contributed by atoms with Crippen molar-refractivity contribution in [1.29, 1.82) is 0 Å². The highest BCUT2D eigenvalue weighted by Gasteiger charge is 2.21. The topological polar surface area (TPSA) is 57.8 Å². The van der Waals surface area contributed by atoms with Gasteiger partial charge in [-0.15, -0.1) is 0 Å². The van der Waals surface area contributed by atoms with Crippen LogP contribution in [-0.2, 0) is 11.3 Å². The van der Waals surface area contributed by atoms with E-state index in [0.29, 0.717) is 13.0 Å². The molecule has 2 aromatic heterocycles. The minimum Gasteiger partial charge on any atom is -0.480 e. The van der Waals surface area contributed by atoms with Crippen LogP contribution in [0.5, 0.6) is 0 Å². The van der Waals surface area contributed by atoms with Crippen LogP contribution in [-0.4, -0.2) is 38.4 Å². The Labute approximate surface area is 106 Å². The number of nitrogens with zero attached hydrogens (tertiary/aromatic N) is 3. The number of fused-ring (bicyclic) bond motifs is 1. The van der Waals surface area contributed by atoms with E-state index in [1.54, 1.807) is 0 Å². The third-order valence-corrected chi connectivity index (χ3v) is 3.03. The molecule has 0 aliphatic rings. The predicted molar refractivity (Wildman–Crippen MR) is 68.4 cm³/mol. The van der Waals surface area contributed by atoms with E-state index in [9.17, 15) is 4.79 Å². The highest BCUT2D eigenvalue weighted by atomic mass is 16.4. The van der Waals surface area contributed by atoms with Gasteiger partial charge in [-0.2, -0.15) is 0 Å². The molecular weight excluding hydrogens is 230 g/mol. The zero-order valence-corrected chi connectivity index (χ0v) is 10.6. The molecule has 0 aliphatic carbocycles. The molecular formula is C13H17N3O2. The maximum absolute atomic E-state index is 11.1. The largest absolute Gasteiger partial charge is 0.480 e. The number of likely N-dealkylation sites (N-methyl/N-ethyl adjacent to an activating group) is 1. The van der Waals surface area contributed by atoms with Crippen molar-refractivity contribution in [1.82, 2.24) is 14.3 Å². The van der Waals surface area contributed by atoms with Crippen LogP contribution in [0.3, 0.4) is 0 Å². The SMILES string of the molecule is CCC(C(=O)O)N(C)Cc1cn2ccccc2n1. The molecule has 0 saturated carbocycles. The molecule has 0 aromatic carbocycles. The highest BCUT2D eigenvalue weighted by Crippen LogP contribution is 2.10. The molecule has 0 saturated heterocycles. The summed E-state index contributed by atoms with van der Waals surface area (Å²) in [7, 11) is 1.81. The fraction of sp³-hybridized carbons (Fsp3) is 0.385. The fourth-order valence-corrected chi connectivity index (χ4v) is 2.10. The number of carboxylic acid groups (broad SMARTS) is 1. The average molecular weight is 247 g/mol. The van der Waals surface area contributed by atoms with Crippen molar-refractivity contribution < 1.29 is 9.90 Å². The lowest BCUT2D eigenvalue weighted by Crippen LogP contribution is -2.37. The summed E-state index contributed by atoms with van der Waals surface area (Å²) in [6.07, 6.45) is 4.44. The molecule has 0 bridgehead atoms. The Hall–Kier alpha value is -1.88. The summed E-state index contributed by atoms with van der Waals surface area (Å²) in [6, 6.07) is 5.34. The number of hydrogen-bond acceptors (Lipinski definition) is 3. The number of carboxylic acids is 1. The van der Waals surface area contributed by atoms with Crippen molar-refractivity contribution in [2.75, 3.05) is 7.05 Å². The van der Waals surface area contributed by atoms with E-state index < -0.39 is 12.0 Å². The lowest BCUT2D eigenvalue weighted by molar-refractivity contribution is -0.143. The second-order valence-corrected chi connectivity index (χ2v) is 4.38. The fourth-order valence-electron chi connectivity index (χ4n) is 2.10. The van der Waals surface area contributed by atoms with Gasteiger partial charge < -0.3 is 9.51 Å². The Balaban J connectivity index is 2.15. The molecule has 0 radical (unpaired) electrons. The average Bonchev–Trinajstić information content (AvgIpc) is 2.71. The smallest absolute Gasteiger partial charge is 0.320 e. The van der Waals surface area contributed by atoms with Crippen LogP contribution in [0.1, 0.15) is 19.0 Å². The number of hydrogen-bond donors (Lipinski definition) is 1. The van der Waals surface area contributed by atoms with Crippen LogP contribution in [0.4, 0.5) is 0 Å². The summed E-state index contributed by atoms with van der Waals surface area (Å²) >= 11 is 0. The molecule has 2 heterocycles. The Morgan fingerprint density at radius 3 is 2.94 bits per heavy atom. The molecule has 0 aliphatic heterocycles. The molecule has 96 valence electrons. The maximum Gasteiger partial charge on any atom is 0.320 e. The second kappa shape index (κ2) is 5.18. The van der Waals surface area contributed by atoms with Gasteiger partial charge in [0.2, 0.25) is 0 Å². The van der Waals surface area contributed by atoms with E-state index in [0.717, 1.165) is 11.3 Å². The van der Waals surface area contributed by atoms with E-state index >= 15 is 0 Å². The first kappa shape index (κ1) is 12.6. The zero-order chi connectivity index (χ0) is 13.1. The Bertz CT molecular complexity index is 517. The number of imidazole rings is 1. The van der Waals surface area contributed by atoms with E-state index in [2.05, 4.69) is 4.98 Å². The quantitative estimate of drug-likeness (QED) is 0.872. The summed E-state index contributed by atoms with van der Waals surface area (Å²) in [5, 5.41) is 9.09. The Kier molecular flexibility index (Phi) is 3.62. The molecule has 1 N–H and O–H groups in total. The van der Waals surface area contributed by atoms with Crippen molar-refractivity contribution in [2.24, 2.45) is 0 Å². The minimum atomic E-state index is -0.788. The van der Waals surface area contributed by atoms with Crippen molar-refractivity contribution in [3.63, 3.8) is 0 Å². The van der Waals surface area contributed by atoms with Gasteiger partial charge in [0.15, 0.2) is 0 Å². The zero-order valence-electron chi connectivity index (χ0n) is 10.6. The van der Waals surface area contributed by atoms with Gasteiger partial charge in [0, 0.05) is 18.9 Å². The van der Waals surface area contributed by atoms with Crippen molar-refractivity contribution in [3.8, 4) is 0 Å². The van der Waals surface area contributed by atoms with E-state index in [-0.39, 0.29) is 0 Å². The summed E-state index contributed by atoms with van der Waals surface area (Å²) in [5.41, 5.74) is 1.76. The van der Waals surface area contributed by atoms with Gasteiger partial charge >= 0.3 is 5.97 Å². The van der Waals surface area contributed by atoms with Crippen molar-refractivity contribution in [3.05, 3.63) is 36.3 Å². The third-order valence-electron chi connectivity index (χ3n) is 3.03. The number of rotatable bonds is 5. The summed E-state index contributed by atoms with van der Waals surface area (Å²) in [4.78, 5) is 17.3. The van der Waals surface area contributed by atoms with Gasteiger partial charge in [0.25, 0.3) is 0 Å². The van der Waals surface area contributed by atoms with Crippen LogP contribution >= 0.6 is 0 Å². The van der Waals surface area contributed by atoms with Gasteiger partial charge in [-0.1, -0.05) is 13.0 Å². The molecule has 5 nitrogen and oxygen atoms in total. The maximum atomic E-state index is 11.1. The molecule has 0 fully saturated rings. The number of aromatic nitrogens is 2. The van der Waals surface area contributed by atoms with E-state index in [1.807, 2.05) is 53.9 Å². The van der Waals surface area contributed by atoms with Crippen LogP contribution in [0.15, 0.2) is 30.6 Å². The predicted octanol–water partition coefficient (Wildman–Crippen LogP) is 1.63. The van der Waals surface area contributed by atoms with Gasteiger partial charge in [-0.3, -0.25) is 9.69 Å². The summed E-state index contributed by atoms with van der Waals surface area (Å²) < 4.78 is 1.94. The number of pyridine rings is 1. The van der Waals surface area contributed by atoms with Crippen molar-refractivity contribution in [2.45, 2.75) is 25.9 Å². The first-order valence-electron chi connectivity index (χ1n) is 5.97. The minimum absolute atomic E-state index is 0.463. The molecule has 0 amide bonds.